The SMILES string of the molecule is O=C(NCCn1cnnn1)Oc1cc(-c2ccco2)on1. The summed E-state index contributed by atoms with van der Waals surface area (Å²) in [5, 5.41) is 16.7. The quantitative estimate of drug-likeness (QED) is 0.729. The fourth-order valence-electron chi connectivity index (χ4n) is 1.53. The first-order valence-electron chi connectivity index (χ1n) is 5.98. The predicted octanol–water partition coefficient (Wildman–Crippen LogP) is 0.710. The van der Waals surface area contributed by atoms with Gasteiger partial charge >= 0.3 is 6.09 Å². The number of carbonyl (C=O) groups is 1. The Bertz CT molecular complexity index is 690. The maximum absolute atomic E-state index is 11.5. The summed E-state index contributed by atoms with van der Waals surface area (Å²) in [6.45, 7) is 0.741. The van der Waals surface area contributed by atoms with E-state index in [0.717, 1.165) is 0 Å². The molecule has 0 aromatic carbocycles. The van der Waals surface area contributed by atoms with Gasteiger partial charge in [0.1, 0.15) is 6.33 Å². The summed E-state index contributed by atoms with van der Waals surface area (Å²) in [4.78, 5) is 11.5. The number of furan rings is 1. The van der Waals surface area contributed by atoms with Crippen molar-refractivity contribution in [1.29, 1.82) is 0 Å². The van der Waals surface area contributed by atoms with E-state index in [4.69, 9.17) is 13.7 Å². The van der Waals surface area contributed by atoms with Crippen LogP contribution >= 0.6 is 0 Å². The Morgan fingerprint density at radius 1 is 1.43 bits per heavy atom. The highest BCUT2D eigenvalue weighted by Crippen LogP contribution is 2.23. The molecule has 10 nitrogen and oxygen atoms in total. The summed E-state index contributed by atoms with van der Waals surface area (Å²) in [5.74, 6) is 0.911. The highest BCUT2D eigenvalue weighted by molar-refractivity contribution is 5.70. The Kier molecular flexibility index (Phi) is 3.58. The predicted molar refractivity (Wildman–Crippen MR) is 66.0 cm³/mol. The van der Waals surface area contributed by atoms with E-state index in [1.165, 1.54) is 23.3 Å². The average Bonchev–Trinajstić information content (AvgIpc) is 3.21. The van der Waals surface area contributed by atoms with Crippen molar-refractivity contribution in [3.63, 3.8) is 0 Å². The maximum Gasteiger partial charge on any atom is 0.414 e. The Labute approximate surface area is 117 Å². The van der Waals surface area contributed by atoms with Crippen molar-refractivity contribution in [3.8, 4) is 17.4 Å². The first kappa shape index (κ1) is 12.8. The number of aromatic nitrogens is 5. The molecule has 0 saturated carbocycles. The van der Waals surface area contributed by atoms with Crippen LogP contribution in [0.4, 0.5) is 4.79 Å². The van der Waals surface area contributed by atoms with Crippen LogP contribution in [0.3, 0.4) is 0 Å². The van der Waals surface area contributed by atoms with Crippen LogP contribution in [0.15, 0.2) is 39.7 Å². The molecule has 0 radical (unpaired) electrons. The van der Waals surface area contributed by atoms with Crippen LogP contribution in [-0.2, 0) is 6.54 Å². The minimum atomic E-state index is -0.651. The monoisotopic (exact) mass is 290 g/mol. The van der Waals surface area contributed by atoms with E-state index in [9.17, 15) is 4.79 Å². The van der Waals surface area contributed by atoms with Gasteiger partial charge in [0.2, 0.25) is 5.76 Å². The topological polar surface area (TPSA) is 121 Å². The molecule has 3 aromatic heterocycles. The summed E-state index contributed by atoms with van der Waals surface area (Å²) in [5.41, 5.74) is 0. The lowest BCUT2D eigenvalue weighted by Crippen LogP contribution is -2.30. The highest BCUT2D eigenvalue weighted by Gasteiger charge is 2.12. The first-order valence-corrected chi connectivity index (χ1v) is 5.98. The molecule has 0 spiro atoms. The number of carbonyl (C=O) groups excluding carboxylic acids is 1. The minimum absolute atomic E-state index is 0.0429. The molecule has 0 saturated heterocycles. The lowest BCUT2D eigenvalue weighted by Gasteiger charge is -2.03. The van der Waals surface area contributed by atoms with E-state index in [0.29, 0.717) is 24.6 Å². The molecule has 0 aliphatic rings. The van der Waals surface area contributed by atoms with E-state index in [2.05, 4.69) is 26.0 Å². The molecule has 1 N–H and O–H groups in total. The average molecular weight is 290 g/mol. The van der Waals surface area contributed by atoms with Gasteiger partial charge in [0.25, 0.3) is 5.88 Å². The Balaban J connectivity index is 1.48. The van der Waals surface area contributed by atoms with Crippen molar-refractivity contribution in [2.45, 2.75) is 6.54 Å². The van der Waals surface area contributed by atoms with E-state index in [1.807, 2.05) is 0 Å². The van der Waals surface area contributed by atoms with Gasteiger partial charge in [-0.2, -0.15) is 0 Å². The molecule has 21 heavy (non-hydrogen) atoms. The van der Waals surface area contributed by atoms with Crippen molar-refractivity contribution < 1.29 is 18.5 Å². The fourth-order valence-corrected chi connectivity index (χ4v) is 1.53. The van der Waals surface area contributed by atoms with Crippen molar-refractivity contribution in [2.24, 2.45) is 0 Å². The zero-order chi connectivity index (χ0) is 14.5. The number of hydrogen-bond acceptors (Lipinski definition) is 8. The molecule has 3 heterocycles. The zero-order valence-corrected chi connectivity index (χ0v) is 10.7. The number of ether oxygens (including phenoxy) is 1. The second-order valence-corrected chi connectivity index (χ2v) is 3.90. The van der Waals surface area contributed by atoms with Crippen LogP contribution in [0, 0.1) is 0 Å². The zero-order valence-electron chi connectivity index (χ0n) is 10.7. The number of hydrogen-bond donors (Lipinski definition) is 1. The molecular formula is C11H10N6O4. The summed E-state index contributed by atoms with van der Waals surface area (Å²) in [6.07, 6.45) is 2.30. The van der Waals surface area contributed by atoms with Gasteiger partial charge in [-0.15, -0.1) is 5.10 Å². The first-order chi connectivity index (χ1) is 10.3. The minimum Gasteiger partial charge on any atom is -0.461 e. The third-order valence-electron chi connectivity index (χ3n) is 2.45. The van der Waals surface area contributed by atoms with Gasteiger partial charge in [-0.25, -0.2) is 9.48 Å². The molecule has 0 aliphatic carbocycles. The fraction of sp³-hybridized carbons (Fsp3) is 0.182. The smallest absolute Gasteiger partial charge is 0.414 e. The largest absolute Gasteiger partial charge is 0.461 e. The van der Waals surface area contributed by atoms with Crippen molar-refractivity contribution in [1.82, 2.24) is 30.7 Å². The van der Waals surface area contributed by atoms with Crippen molar-refractivity contribution in [3.05, 3.63) is 30.8 Å². The normalized spacial score (nSPS) is 10.5. The summed E-state index contributed by atoms with van der Waals surface area (Å²) < 4.78 is 16.6. The lowest BCUT2D eigenvalue weighted by molar-refractivity contribution is 0.195. The molecule has 10 heteroatoms. The molecular weight excluding hydrogens is 280 g/mol. The highest BCUT2D eigenvalue weighted by atomic mass is 16.6. The van der Waals surface area contributed by atoms with Crippen LogP contribution in [0.2, 0.25) is 0 Å². The molecule has 0 unspecified atom stereocenters. The third kappa shape index (κ3) is 3.23. The van der Waals surface area contributed by atoms with Gasteiger partial charge in [0, 0.05) is 6.54 Å². The van der Waals surface area contributed by atoms with Crippen LogP contribution in [0.5, 0.6) is 5.88 Å². The van der Waals surface area contributed by atoms with Crippen LogP contribution in [-0.4, -0.2) is 38.0 Å². The number of nitrogens with one attached hydrogen (secondary N) is 1. The Morgan fingerprint density at radius 3 is 3.14 bits per heavy atom. The van der Waals surface area contributed by atoms with Crippen LogP contribution < -0.4 is 10.1 Å². The number of rotatable bonds is 5. The van der Waals surface area contributed by atoms with Gasteiger partial charge in [-0.05, 0) is 27.7 Å². The van der Waals surface area contributed by atoms with E-state index in [-0.39, 0.29) is 5.88 Å². The Morgan fingerprint density at radius 2 is 2.38 bits per heavy atom. The maximum atomic E-state index is 11.5. The summed E-state index contributed by atoms with van der Waals surface area (Å²) >= 11 is 0. The molecule has 108 valence electrons. The van der Waals surface area contributed by atoms with E-state index in [1.54, 1.807) is 12.1 Å². The van der Waals surface area contributed by atoms with Gasteiger partial charge in [-0.3, -0.25) is 0 Å². The van der Waals surface area contributed by atoms with E-state index < -0.39 is 6.09 Å². The number of tetrazole rings is 1. The molecule has 0 aliphatic heterocycles. The van der Waals surface area contributed by atoms with Crippen LogP contribution in [0.25, 0.3) is 11.5 Å². The molecule has 1 amide bonds. The van der Waals surface area contributed by atoms with Crippen LogP contribution in [0.1, 0.15) is 0 Å². The number of amides is 1. The number of nitrogens with zero attached hydrogens (tertiary/aromatic N) is 5. The van der Waals surface area contributed by atoms with E-state index >= 15 is 0 Å². The lowest BCUT2D eigenvalue weighted by atomic mass is 10.3. The molecule has 3 aromatic rings. The summed E-state index contributed by atoms with van der Waals surface area (Å²) in [6, 6.07) is 4.88. The summed E-state index contributed by atoms with van der Waals surface area (Å²) in [7, 11) is 0. The molecule has 3 rings (SSSR count). The standard InChI is InChI=1S/C11H10N6O4/c18-11(12-3-4-17-7-13-15-16-17)20-10-6-9(21-14-10)8-2-1-5-19-8/h1-2,5-7H,3-4H2,(H,12,18). The molecule has 0 fully saturated rings. The van der Waals surface area contributed by atoms with Gasteiger partial charge in [0.05, 0.1) is 18.9 Å². The second-order valence-electron chi connectivity index (χ2n) is 3.90. The molecule has 0 bridgehead atoms. The Hall–Kier alpha value is -3.17. The van der Waals surface area contributed by atoms with Crippen molar-refractivity contribution >= 4 is 6.09 Å². The second kappa shape index (κ2) is 5.86. The van der Waals surface area contributed by atoms with Gasteiger partial charge < -0.3 is 19.0 Å². The van der Waals surface area contributed by atoms with Gasteiger partial charge in [0.15, 0.2) is 5.76 Å². The molecule has 0 atom stereocenters. The van der Waals surface area contributed by atoms with Crippen molar-refractivity contribution in [2.75, 3.05) is 6.54 Å². The van der Waals surface area contributed by atoms with Gasteiger partial charge in [-0.1, -0.05) is 0 Å². The third-order valence-corrected chi connectivity index (χ3v) is 2.45.